The Hall–Kier alpha value is -1.81. The molecule has 2 atom stereocenters. The lowest BCUT2D eigenvalue weighted by Gasteiger charge is -2.51. The highest BCUT2D eigenvalue weighted by Crippen LogP contribution is 2.44. The maximum absolute atomic E-state index is 6.01. The van der Waals surface area contributed by atoms with Crippen LogP contribution in [-0.2, 0) is 4.74 Å². The molecule has 2 unspecified atom stereocenters. The van der Waals surface area contributed by atoms with Crippen LogP contribution in [0.3, 0.4) is 0 Å². The third-order valence-corrected chi connectivity index (χ3v) is 4.60. The summed E-state index contributed by atoms with van der Waals surface area (Å²) < 4.78 is 5.50. The van der Waals surface area contributed by atoms with Crippen LogP contribution in [0.25, 0.3) is 10.9 Å². The first kappa shape index (κ1) is 13.2. The number of anilines is 2. The molecule has 0 amide bonds. The van der Waals surface area contributed by atoms with Crippen LogP contribution in [0.1, 0.15) is 20.3 Å². The molecular formula is C16H21N3O. The van der Waals surface area contributed by atoms with Crippen LogP contribution in [0, 0.1) is 5.41 Å². The van der Waals surface area contributed by atoms with Crippen molar-refractivity contribution < 1.29 is 4.74 Å². The standard InChI is InChI=1S/C16H21N3O/c1-16(2)13(9-14(16)20-3)19-12-7-6-11(17)10-5-4-8-18-15(10)12/h4-8,13-14,19H,9,17H2,1-3H3. The van der Waals surface area contributed by atoms with Gasteiger partial charge in [-0.25, -0.2) is 0 Å². The minimum atomic E-state index is 0.122. The van der Waals surface area contributed by atoms with Crippen LogP contribution in [0.15, 0.2) is 30.5 Å². The van der Waals surface area contributed by atoms with Gasteiger partial charge in [-0.15, -0.1) is 0 Å². The molecule has 0 radical (unpaired) electrons. The topological polar surface area (TPSA) is 60.2 Å². The SMILES string of the molecule is COC1CC(Nc2ccc(N)c3cccnc23)C1(C)C. The Kier molecular flexibility index (Phi) is 3.05. The van der Waals surface area contributed by atoms with Crippen LogP contribution in [0.4, 0.5) is 11.4 Å². The van der Waals surface area contributed by atoms with E-state index in [1.807, 2.05) is 24.3 Å². The Bertz CT molecular complexity index is 639. The van der Waals surface area contributed by atoms with Gasteiger partial charge in [0.15, 0.2) is 0 Å². The van der Waals surface area contributed by atoms with Gasteiger partial charge in [0.1, 0.15) is 0 Å². The summed E-state index contributed by atoms with van der Waals surface area (Å²) in [6.07, 6.45) is 3.13. The fourth-order valence-corrected chi connectivity index (χ4v) is 3.03. The molecule has 3 rings (SSSR count). The Balaban J connectivity index is 1.91. The summed E-state index contributed by atoms with van der Waals surface area (Å²) in [6.45, 7) is 4.46. The zero-order valence-corrected chi connectivity index (χ0v) is 12.2. The number of fused-ring (bicyclic) bond motifs is 1. The monoisotopic (exact) mass is 271 g/mol. The van der Waals surface area contributed by atoms with E-state index in [1.165, 1.54) is 0 Å². The molecule has 20 heavy (non-hydrogen) atoms. The summed E-state index contributed by atoms with van der Waals surface area (Å²) in [5.74, 6) is 0. The first-order chi connectivity index (χ1) is 9.54. The number of methoxy groups -OCH3 is 1. The normalized spacial score (nSPS) is 24.4. The van der Waals surface area contributed by atoms with Crippen molar-refractivity contribution in [1.29, 1.82) is 0 Å². The number of rotatable bonds is 3. The number of pyridine rings is 1. The molecule has 1 aromatic carbocycles. The van der Waals surface area contributed by atoms with Crippen molar-refractivity contribution in [2.75, 3.05) is 18.2 Å². The van der Waals surface area contributed by atoms with Gasteiger partial charge in [0, 0.05) is 35.8 Å². The zero-order valence-electron chi connectivity index (χ0n) is 12.2. The van der Waals surface area contributed by atoms with Gasteiger partial charge < -0.3 is 15.8 Å². The minimum Gasteiger partial charge on any atom is -0.398 e. The van der Waals surface area contributed by atoms with Gasteiger partial charge in [0.25, 0.3) is 0 Å². The smallest absolute Gasteiger partial charge is 0.0953 e. The van der Waals surface area contributed by atoms with Crippen LogP contribution in [-0.4, -0.2) is 24.2 Å². The number of ether oxygens (including phenoxy) is 1. The number of hydrogen-bond acceptors (Lipinski definition) is 4. The van der Waals surface area contributed by atoms with Crippen LogP contribution >= 0.6 is 0 Å². The van der Waals surface area contributed by atoms with E-state index in [1.54, 1.807) is 13.3 Å². The third kappa shape index (κ3) is 1.91. The molecule has 0 saturated heterocycles. The predicted octanol–water partition coefficient (Wildman–Crippen LogP) is 3.04. The lowest BCUT2D eigenvalue weighted by Crippen LogP contribution is -2.57. The van der Waals surface area contributed by atoms with E-state index >= 15 is 0 Å². The molecule has 0 bridgehead atoms. The van der Waals surface area contributed by atoms with Gasteiger partial charge in [-0.05, 0) is 30.7 Å². The van der Waals surface area contributed by atoms with E-state index in [-0.39, 0.29) is 5.41 Å². The maximum Gasteiger partial charge on any atom is 0.0953 e. The van der Waals surface area contributed by atoms with E-state index < -0.39 is 0 Å². The molecule has 1 aliphatic rings. The Labute approximate surface area is 119 Å². The molecule has 3 N–H and O–H groups in total. The van der Waals surface area contributed by atoms with Gasteiger partial charge in [-0.1, -0.05) is 13.8 Å². The molecule has 1 aromatic heterocycles. The van der Waals surface area contributed by atoms with Crippen molar-refractivity contribution in [2.24, 2.45) is 5.41 Å². The molecule has 0 aliphatic heterocycles. The second kappa shape index (κ2) is 4.63. The first-order valence-corrected chi connectivity index (χ1v) is 6.96. The summed E-state index contributed by atoms with van der Waals surface area (Å²) in [4.78, 5) is 4.47. The average Bonchev–Trinajstić information content (AvgIpc) is 2.45. The number of nitrogens with two attached hydrogens (primary N) is 1. The summed E-state index contributed by atoms with van der Waals surface area (Å²) in [6, 6.07) is 8.26. The van der Waals surface area contributed by atoms with Crippen LogP contribution < -0.4 is 11.1 Å². The highest BCUT2D eigenvalue weighted by Gasteiger charge is 2.48. The van der Waals surface area contributed by atoms with Crippen molar-refractivity contribution in [3.8, 4) is 0 Å². The molecule has 4 nitrogen and oxygen atoms in total. The van der Waals surface area contributed by atoms with Gasteiger partial charge in [0.2, 0.25) is 0 Å². The average molecular weight is 271 g/mol. The molecule has 106 valence electrons. The Morgan fingerprint density at radius 3 is 2.85 bits per heavy atom. The largest absolute Gasteiger partial charge is 0.398 e. The maximum atomic E-state index is 6.01. The molecule has 0 spiro atoms. The number of benzene rings is 1. The second-order valence-corrected chi connectivity index (χ2v) is 6.08. The highest BCUT2D eigenvalue weighted by atomic mass is 16.5. The van der Waals surface area contributed by atoms with Gasteiger partial charge >= 0.3 is 0 Å². The molecule has 2 aromatic rings. The number of nitrogens with one attached hydrogen (secondary N) is 1. The molecule has 1 fully saturated rings. The molecule has 1 aliphatic carbocycles. The predicted molar refractivity (Wildman–Crippen MR) is 82.8 cm³/mol. The zero-order chi connectivity index (χ0) is 14.3. The summed E-state index contributed by atoms with van der Waals surface area (Å²) >= 11 is 0. The number of nitrogen functional groups attached to an aromatic ring is 1. The molecule has 4 heteroatoms. The van der Waals surface area contributed by atoms with Gasteiger partial charge in [-0.3, -0.25) is 4.98 Å². The molecular weight excluding hydrogens is 250 g/mol. The number of hydrogen-bond donors (Lipinski definition) is 2. The lowest BCUT2D eigenvalue weighted by atomic mass is 9.64. The summed E-state index contributed by atoms with van der Waals surface area (Å²) in [5.41, 5.74) is 8.88. The van der Waals surface area contributed by atoms with Crippen molar-refractivity contribution in [2.45, 2.75) is 32.4 Å². The minimum absolute atomic E-state index is 0.122. The lowest BCUT2D eigenvalue weighted by molar-refractivity contribution is -0.0794. The van der Waals surface area contributed by atoms with E-state index in [0.29, 0.717) is 12.1 Å². The molecule has 1 heterocycles. The Morgan fingerprint density at radius 1 is 1.35 bits per heavy atom. The van der Waals surface area contributed by atoms with Crippen molar-refractivity contribution in [3.05, 3.63) is 30.5 Å². The highest BCUT2D eigenvalue weighted by molar-refractivity contribution is 5.98. The summed E-state index contributed by atoms with van der Waals surface area (Å²) in [7, 11) is 1.78. The van der Waals surface area contributed by atoms with Crippen molar-refractivity contribution in [3.63, 3.8) is 0 Å². The van der Waals surface area contributed by atoms with E-state index in [0.717, 1.165) is 28.7 Å². The van der Waals surface area contributed by atoms with Crippen LogP contribution in [0.5, 0.6) is 0 Å². The van der Waals surface area contributed by atoms with E-state index in [4.69, 9.17) is 10.5 Å². The number of nitrogens with zero attached hydrogens (tertiary/aromatic N) is 1. The van der Waals surface area contributed by atoms with E-state index in [9.17, 15) is 0 Å². The van der Waals surface area contributed by atoms with E-state index in [2.05, 4.69) is 24.1 Å². The fraction of sp³-hybridized carbons (Fsp3) is 0.438. The first-order valence-electron chi connectivity index (χ1n) is 6.96. The van der Waals surface area contributed by atoms with Crippen molar-refractivity contribution in [1.82, 2.24) is 4.98 Å². The summed E-state index contributed by atoms with van der Waals surface area (Å²) in [5, 5.41) is 4.60. The van der Waals surface area contributed by atoms with Crippen LogP contribution in [0.2, 0.25) is 0 Å². The van der Waals surface area contributed by atoms with Gasteiger partial charge in [-0.2, -0.15) is 0 Å². The Morgan fingerprint density at radius 2 is 2.15 bits per heavy atom. The third-order valence-electron chi connectivity index (χ3n) is 4.60. The second-order valence-electron chi connectivity index (χ2n) is 6.08. The van der Waals surface area contributed by atoms with Crippen molar-refractivity contribution >= 4 is 22.3 Å². The number of aromatic nitrogens is 1. The fourth-order valence-electron chi connectivity index (χ4n) is 3.03. The molecule has 1 saturated carbocycles. The van der Waals surface area contributed by atoms with Gasteiger partial charge in [0.05, 0.1) is 17.3 Å². The quantitative estimate of drug-likeness (QED) is 0.842.